The van der Waals surface area contributed by atoms with Crippen molar-refractivity contribution >= 4 is 63.3 Å². The maximum atomic E-state index is 15.8. The molecule has 17 nitrogen and oxygen atoms in total. The van der Waals surface area contributed by atoms with Crippen LogP contribution in [0.25, 0.3) is 0 Å². The van der Waals surface area contributed by atoms with Gasteiger partial charge in [0, 0.05) is 48.7 Å². The lowest BCUT2D eigenvalue weighted by atomic mass is 9.44. The number of benzene rings is 3. The van der Waals surface area contributed by atoms with Crippen molar-refractivity contribution in [3.63, 3.8) is 0 Å². The summed E-state index contributed by atoms with van der Waals surface area (Å²) < 4.78 is 42.4. The van der Waals surface area contributed by atoms with E-state index in [1.165, 1.54) is 26.0 Å². The second-order valence-electron chi connectivity index (χ2n) is 20.7. The van der Waals surface area contributed by atoms with Gasteiger partial charge in [0.05, 0.1) is 36.2 Å². The van der Waals surface area contributed by atoms with Crippen molar-refractivity contribution in [1.82, 2.24) is 5.32 Å². The lowest BCUT2D eigenvalue weighted by Crippen LogP contribution is -2.82. The smallest absolute Gasteiger partial charge is 0.455 e. The zero-order chi connectivity index (χ0) is 53.9. The Morgan fingerprint density at radius 3 is 2.09 bits per heavy atom. The molecule has 2 saturated carbocycles. The molecule has 2 heterocycles. The summed E-state index contributed by atoms with van der Waals surface area (Å²) in [4.78, 5) is 99.8. The van der Waals surface area contributed by atoms with E-state index in [0.717, 1.165) is 45.3 Å². The van der Waals surface area contributed by atoms with Crippen LogP contribution in [0.5, 0.6) is 0 Å². The van der Waals surface area contributed by atoms with Gasteiger partial charge in [0.15, 0.2) is 17.5 Å². The van der Waals surface area contributed by atoms with Gasteiger partial charge in [0.25, 0.3) is 5.91 Å². The number of aliphatic hydroxyl groups is 2. The topological polar surface area (TPSA) is 237 Å². The van der Waals surface area contributed by atoms with Crippen LogP contribution >= 0.6 is 21.6 Å². The van der Waals surface area contributed by atoms with E-state index >= 15 is 9.59 Å². The first-order valence-electron chi connectivity index (χ1n) is 25.4. The summed E-state index contributed by atoms with van der Waals surface area (Å²) >= 11 is 0. The van der Waals surface area contributed by atoms with Crippen LogP contribution in [0.4, 0.5) is 4.79 Å². The van der Waals surface area contributed by atoms with E-state index < -0.39 is 119 Å². The average Bonchev–Trinajstić information content (AvgIpc) is 3.92. The fourth-order valence-corrected chi connectivity index (χ4v) is 14.8. The van der Waals surface area contributed by atoms with Crippen LogP contribution in [0.1, 0.15) is 119 Å². The molecule has 3 N–H and O–H groups in total. The molecule has 8 rings (SSSR count). The van der Waals surface area contributed by atoms with Crippen molar-refractivity contribution in [3.05, 3.63) is 119 Å². The second kappa shape index (κ2) is 22.9. The van der Waals surface area contributed by atoms with Crippen molar-refractivity contribution in [3.8, 4) is 0 Å². The Kier molecular flexibility index (Phi) is 16.9. The first kappa shape index (κ1) is 55.5. The van der Waals surface area contributed by atoms with Gasteiger partial charge in [-0.2, -0.15) is 0 Å². The minimum atomic E-state index is -2.46. The van der Waals surface area contributed by atoms with Gasteiger partial charge >= 0.3 is 30.0 Å². The molecule has 3 aromatic carbocycles. The summed E-state index contributed by atoms with van der Waals surface area (Å²) in [5.41, 5.74) is -7.38. The van der Waals surface area contributed by atoms with Crippen LogP contribution in [0.15, 0.2) is 102 Å². The van der Waals surface area contributed by atoms with Crippen molar-refractivity contribution in [2.45, 2.75) is 146 Å². The molecule has 2 saturated heterocycles. The molecule has 0 radical (unpaired) electrons. The van der Waals surface area contributed by atoms with Crippen molar-refractivity contribution in [1.29, 1.82) is 0 Å². The van der Waals surface area contributed by atoms with Crippen LogP contribution in [0.3, 0.4) is 0 Å². The molecule has 1 amide bonds. The Labute approximate surface area is 443 Å². The van der Waals surface area contributed by atoms with E-state index in [2.05, 4.69) is 5.32 Å². The van der Waals surface area contributed by atoms with Gasteiger partial charge in [-0.15, -0.1) is 0 Å². The van der Waals surface area contributed by atoms with Crippen molar-refractivity contribution < 1.29 is 76.9 Å². The van der Waals surface area contributed by atoms with Gasteiger partial charge in [-0.25, -0.2) is 14.4 Å². The van der Waals surface area contributed by atoms with Gasteiger partial charge in [-0.1, -0.05) is 115 Å². The molecular formula is C56H65NO16S2. The fourth-order valence-electron chi connectivity index (χ4n) is 11.8. The van der Waals surface area contributed by atoms with Crippen molar-refractivity contribution in [2.75, 3.05) is 19.0 Å². The van der Waals surface area contributed by atoms with E-state index in [1.54, 1.807) is 92.7 Å². The van der Waals surface area contributed by atoms with Gasteiger partial charge in [0.2, 0.25) is 6.10 Å². The third kappa shape index (κ3) is 11.0. The normalized spacial score (nSPS) is 30.3. The standard InChI is InChI=1S/C56H65NO16S2/c1-32-39(70-51(64)45(71-52(65)67-27-18-10-17-25-38-26-28-74-75-38)43(35-19-11-7-12-20-35)57-49(62)36-21-13-8-14-22-36)30-56(66)48(72-50(63)37-23-15-9-16-24-37)46-54(6,40(60)29-41-55(46,31-68-41)73-34(3)59)47(61)44(69-33(2)58)42(32)53(56,4)5/h7-9,11-16,19-24,38-41,43-46,48,60,66H,10,17-18,25-31H2,1-6H3,(H,57,62)/t38?,39-,40-,41+,43-,44+,45+,46-,48-,54+,55-,56+/m0/s1. The van der Waals surface area contributed by atoms with Crippen LogP contribution in [-0.2, 0) is 52.3 Å². The number of amides is 1. The summed E-state index contributed by atoms with van der Waals surface area (Å²) in [6.45, 7) is 7.92. The number of ether oxygens (including phenoxy) is 7. The maximum Gasteiger partial charge on any atom is 0.509 e. The number of carbonyl (C=O) groups excluding carboxylic acids is 7. The van der Waals surface area contributed by atoms with Gasteiger partial charge in [-0.05, 0) is 74.1 Å². The molecule has 402 valence electrons. The van der Waals surface area contributed by atoms with Gasteiger partial charge < -0.3 is 48.7 Å². The highest BCUT2D eigenvalue weighted by Crippen LogP contribution is 2.64. The number of ketones is 1. The highest BCUT2D eigenvalue weighted by molar-refractivity contribution is 8.77. The Bertz CT molecular complexity index is 2650. The fraction of sp³-hybridized carbons (Fsp3) is 0.518. The highest BCUT2D eigenvalue weighted by atomic mass is 33.1. The van der Waals surface area contributed by atoms with Crippen LogP contribution in [-0.4, -0.2) is 124 Å². The summed E-state index contributed by atoms with van der Waals surface area (Å²) in [6, 6.07) is 22.9. The Hall–Kier alpha value is -5.73. The number of fused-ring (bicyclic) bond motifs is 5. The molecule has 75 heavy (non-hydrogen) atoms. The molecule has 0 spiro atoms. The Morgan fingerprint density at radius 1 is 0.840 bits per heavy atom. The molecule has 12 atom stereocenters. The van der Waals surface area contributed by atoms with Crippen LogP contribution < -0.4 is 5.32 Å². The molecule has 4 fully saturated rings. The average molecular weight is 1070 g/mol. The number of hydrogen-bond donors (Lipinski definition) is 3. The Balaban J connectivity index is 1.23. The summed E-state index contributed by atoms with van der Waals surface area (Å²) in [5.74, 6) is -5.87. The number of nitrogens with one attached hydrogen (secondary N) is 1. The molecule has 3 aromatic rings. The van der Waals surface area contributed by atoms with Crippen molar-refractivity contribution in [2.24, 2.45) is 16.7 Å². The van der Waals surface area contributed by atoms with Gasteiger partial charge in [-0.3, -0.25) is 19.2 Å². The third-order valence-electron chi connectivity index (χ3n) is 15.8. The molecule has 3 aliphatic carbocycles. The number of carbonyl (C=O) groups is 7. The molecular weight excluding hydrogens is 1010 g/mol. The lowest BCUT2D eigenvalue weighted by molar-refractivity contribution is -0.346. The van der Waals surface area contributed by atoms with E-state index in [9.17, 15) is 34.2 Å². The summed E-state index contributed by atoms with van der Waals surface area (Å²) in [7, 11) is 3.76. The largest absolute Gasteiger partial charge is 0.509 e. The van der Waals surface area contributed by atoms with E-state index in [-0.39, 0.29) is 41.9 Å². The van der Waals surface area contributed by atoms with E-state index in [1.807, 2.05) is 21.6 Å². The predicted molar refractivity (Wildman–Crippen MR) is 275 cm³/mol. The highest BCUT2D eigenvalue weighted by Gasteiger charge is 2.78. The lowest BCUT2D eigenvalue weighted by Gasteiger charge is -2.67. The maximum absolute atomic E-state index is 15.8. The zero-order valence-corrected chi connectivity index (χ0v) is 44.5. The molecule has 19 heteroatoms. The SMILES string of the molecule is CC(=O)O[C@H]1C(=O)[C@@]2(C)[C@H]([C@H](OC(=O)c3ccccc3)[C@]3(O)C[C@H](OC(=O)[C@H](OC(=O)OCCCCCC4CCSS4)[C@@H](NC(=O)c4ccccc4)c4ccccc4)C(C)=C1C3(C)C)[C@]1(OC(C)=O)CO[C@@H]1C[C@@H]2O. The number of unbranched alkanes of at least 4 members (excludes halogenated alkanes) is 2. The summed E-state index contributed by atoms with van der Waals surface area (Å²) in [6.07, 6.45) is -7.59. The third-order valence-corrected chi connectivity index (χ3v) is 18.8. The number of esters is 4. The Morgan fingerprint density at radius 2 is 1.49 bits per heavy atom. The number of aliphatic hydroxyl groups excluding tert-OH is 1. The van der Waals surface area contributed by atoms with Crippen LogP contribution in [0.2, 0.25) is 0 Å². The first-order valence-corrected chi connectivity index (χ1v) is 27.7. The molecule has 1 unspecified atom stereocenters. The summed E-state index contributed by atoms with van der Waals surface area (Å²) in [5, 5.41) is 29.7. The minimum absolute atomic E-state index is 0.0281. The number of Topliss-reactive ketones (excluding diaryl/α,β-unsaturated/α-hetero) is 1. The molecule has 2 aliphatic heterocycles. The van der Waals surface area contributed by atoms with Crippen LogP contribution in [0, 0.1) is 16.7 Å². The molecule has 2 bridgehead atoms. The van der Waals surface area contributed by atoms with E-state index in [4.69, 9.17) is 33.2 Å². The molecule has 5 aliphatic rings. The zero-order valence-electron chi connectivity index (χ0n) is 42.9. The second-order valence-corrected chi connectivity index (χ2v) is 23.5. The molecule has 0 aromatic heterocycles. The quantitative estimate of drug-likeness (QED) is 0.0388. The number of rotatable bonds is 17. The van der Waals surface area contributed by atoms with Gasteiger partial charge in [0.1, 0.15) is 30.0 Å². The number of hydrogen-bond acceptors (Lipinski definition) is 18. The predicted octanol–water partition coefficient (Wildman–Crippen LogP) is 7.61. The monoisotopic (exact) mass is 1070 g/mol. The minimum Gasteiger partial charge on any atom is -0.455 e. The van der Waals surface area contributed by atoms with E-state index in [0.29, 0.717) is 17.2 Å². The first-order chi connectivity index (χ1) is 35.7.